The molecule has 0 aliphatic carbocycles. The molecule has 0 aliphatic heterocycles. The standard InChI is InChI=1S/C11H19NO5/c1-8(13)6-12(7-9(14)16-5)10(15)17-11(2,3)4/h6-7H2,1-5H3. The highest BCUT2D eigenvalue weighted by Crippen LogP contribution is 2.09. The highest BCUT2D eigenvalue weighted by molar-refractivity contribution is 5.85. The summed E-state index contributed by atoms with van der Waals surface area (Å²) in [5, 5.41) is 0. The molecule has 0 atom stereocenters. The number of methoxy groups -OCH3 is 1. The van der Waals surface area contributed by atoms with E-state index in [9.17, 15) is 14.4 Å². The van der Waals surface area contributed by atoms with Crippen LogP contribution in [0.2, 0.25) is 0 Å². The van der Waals surface area contributed by atoms with E-state index in [0.29, 0.717) is 0 Å². The molecule has 98 valence electrons. The third kappa shape index (κ3) is 7.32. The van der Waals surface area contributed by atoms with E-state index in [1.165, 1.54) is 14.0 Å². The van der Waals surface area contributed by atoms with Gasteiger partial charge in [0.2, 0.25) is 0 Å². The molecule has 6 heteroatoms. The first-order valence-corrected chi connectivity index (χ1v) is 5.20. The van der Waals surface area contributed by atoms with Crippen LogP contribution in [0, 0.1) is 0 Å². The third-order valence-corrected chi connectivity index (χ3v) is 1.61. The molecular formula is C11H19NO5. The van der Waals surface area contributed by atoms with Crippen molar-refractivity contribution in [1.29, 1.82) is 0 Å². The zero-order chi connectivity index (χ0) is 13.6. The number of hydrogen-bond acceptors (Lipinski definition) is 5. The molecule has 0 saturated carbocycles. The lowest BCUT2D eigenvalue weighted by Gasteiger charge is -2.25. The molecule has 6 nitrogen and oxygen atoms in total. The molecule has 0 rings (SSSR count). The van der Waals surface area contributed by atoms with Gasteiger partial charge in [0.25, 0.3) is 0 Å². The Bertz CT molecular complexity index is 305. The van der Waals surface area contributed by atoms with E-state index in [0.717, 1.165) is 4.90 Å². The van der Waals surface area contributed by atoms with Gasteiger partial charge in [0.1, 0.15) is 17.9 Å². The van der Waals surface area contributed by atoms with Crippen molar-refractivity contribution in [2.45, 2.75) is 33.3 Å². The van der Waals surface area contributed by atoms with Crippen LogP contribution < -0.4 is 0 Å². The van der Waals surface area contributed by atoms with Crippen LogP contribution in [-0.4, -0.2) is 48.5 Å². The van der Waals surface area contributed by atoms with Gasteiger partial charge in [-0.05, 0) is 27.7 Å². The Balaban J connectivity index is 4.61. The van der Waals surface area contributed by atoms with Gasteiger partial charge in [-0.25, -0.2) is 4.79 Å². The number of rotatable bonds is 4. The minimum atomic E-state index is -0.710. The summed E-state index contributed by atoms with van der Waals surface area (Å²) < 4.78 is 9.52. The Morgan fingerprint density at radius 2 is 1.65 bits per heavy atom. The summed E-state index contributed by atoms with van der Waals surface area (Å²) in [7, 11) is 1.21. The van der Waals surface area contributed by atoms with Crippen molar-refractivity contribution in [3.05, 3.63) is 0 Å². The number of nitrogens with zero attached hydrogens (tertiary/aromatic N) is 1. The first kappa shape index (κ1) is 15.4. The molecule has 0 aromatic rings. The maximum Gasteiger partial charge on any atom is 0.411 e. The van der Waals surface area contributed by atoms with Crippen molar-refractivity contribution in [2.24, 2.45) is 0 Å². The molecular weight excluding hydrogens is 226 g/mol. The number of esters is 1. The van der Waals surface area contributed by atoms with Gasteiger partial charge in [0, 0.05) is 0 Å². The zero-order valence-electron chi connectivity index (χ0n) is 10.9. The molecule has 0 aromatic heterocycles. The van der Waals surface area contributed by atoms with Crippen LogP contribution in [0.5, 0.6) is 0 Å². The molecule has 0 radical (unpaired) electrons. The number of Topliss-reactive ketones (excluding diaryl/α,β-unsaturated/α-hetero) is 1. The molecule has 0 bridgehead atoms. The quantitative estimate of drug-likeness (QED) is 0.690. The molecule has 0 saturated heterocycles. The lowest BCUT2D eigenvalue weighted by molar-refractivity contribution is -0.142. The lowest BCUT2D eigenvalue weighted by atomic mass is 10.2. The van der Waals surface area contributed by atoms with E-state index in [2.05, 4.69) is 4.74 Å². The summed E-state index contributed by atoms with van der Waals surface area (Å²) in [6.45, 7) is 5.96. The van der Waals surface area contributed by atoms with Crippen molar-refractivity contribution < 1.29 is 23.9 Å². The minimum absolute atomic E-state index is 0.177. The molecule has 0 N–H and O–H groups in total. The topological polar surface area (TPSA) is 72.9 Å². The van der Waals surface area contributed by atoms with Crippen molar-refractivity contribution in [3.63, 3.8) is 0 Å². The first-order valence-electron chi connectivity index (χ1n) is 5.20. The molecule has 1 amide bonds. The number of ether oxygens (including phenoxy) is 2. The number of hydrogen-bond donors (Lipinski definition) is 0. The maximum atomic E-state index is 11.7. The van der Waals surface area contributed by atoms with Gasteiger partial charge < -0.3 is 9.47 Å². The second-order valence-corrected chi connectivity index (χ2v) is 4.61. The van der Waals surface area contributed by atoms with Gasteiger partial charge in [-0.1, -0.05) is 0 Å². The van der Waals surface area contributed by atoms with Crippen molar-refractivity contribution in [1.82, 2.24) is 4.90 Å². The number of ketones is 1. The second-order valence-electron chi connectivity index (χ2n) is 4.61. The average molecular weight is 245 g/mol. The van der Waals surface area contributed by atoms with Crippen LogP contribution in [0.15, 0.2) is 0 Å². The Morgan fingerprint density at radius 3 is 2.00 bits per heavy atom. The summed E-state index contributed by atoms with van der Waals surface area (Å²) in [5.74, 6) is -0.836. The second kappa shape index (κ2) is 6.22. The molecule has 0 spiro atoms. The number of carbonyl (C=O) groups excluding carboxylic acids is 3. The largest absolute Gasteiger partial charge is 0.468 e. The lowest BCUT2D eigenvalue weighted by Crippen LogP contribution is -2.42. The monoisotopic (exact) mass is 245 g/mol. The molecule has 0 aromatic carbocycles. The van der Waals surface area contributed by atoms with Crippen LogP contribution in [0.25, 0.3) is 0 Å². The zero-order valence-corrected chi connectivity index (χ0v) is 10.9. The molecule has 0 fully saturated rings. The van der Waals surface area contributed by atoms with E-state index in [4.69, 9.17) is 4.74 Å². The van der Waals surface area contributed by atoms with E-state index in [1.54, 1.807) is 20.8 Å². The fourth-order valence-corrected chi connectivity index (χ4v) is 1.00. The van der Waals surface area contributed by atoms with E-state index in [-0.39, 0.29) is 18.9 Å². The summed E-state index contributed by atoms with van der Waals surface area (Å²) in [5.41, 5.74) is -0.678. The average Bonchev–Trinajstić information content (AvgIpc) is 2.13. The third-order valence-electron chi connectivity index (χ3n) is 1.61. The van der Waals surface area contributed by atoms with Gasteiger partial charge >= 0.3 is 12.1 Å². The molecule has 0 aliphatic rings. The van der Waals surface area contributed by atoms with E-state index >= 15 is 0 Å². The van der Waals surface area contributed by atoms with Crippen LogP contribution in [0.1, 0.15) is 27.7 Å². The van der Waals surface area contributed by atoms with Crippen LogP contribution >= 0.6 is 0 Å². The molecule has 17 heavy (non-hydrogen) atoms. The summed E-state index contributed by atoms with van der Waals surface area (Å²) >= 11 is 0. The fourth-order valence-electron chi connectivity index (χ4n) is 1.00. The first-order chi connectivity index (χ1) is 7.65. The van der Waals surface area contributed by atoms with Crippen LogP contribution in [0.3, 0.4) is 0 Å². The summed E-state index contributed by atoms with van der Waals surface area (Å²) in [4.78, 5) is 34.8. The van der Waals surface area contributed by atoms with Gasteiger partial charge in [-0.15, -0.1) is 0 Å². The normalized spacial score (nSPS) is 10.6. The van der Waals surface area contributed by atoms with Gasteiger partial charge in [0.05, 0.1) is 13.7 Å². The van der Waals surface area contributed by atoms with Crippen molar-refractivity contribution >= 4 is 17.8 Å². The van der Waals surface area contributed by atoms with E-state index < -0.39 is 17.7 Å². The Morgan fingerprint density at radius 1 is 1.12 bits per heavy atom. The van der Waals surface area contributed by atoms with Gasteiger partial charge in [0.15, 0.2) is 0 Å². The van der Waals surface area contributed by atoms with E-state index in [1.807, 2.05) is 0 Å². The van der Waals surface area contributed by atoms with Crippen LogP contribution in [0.4, 0.5) is 4.79 Å². The van der Waals surface area contributed by atoms with Crippen molar-refractivity contribution in [2.75, 3.05) is 20.2 Å². The Kier molecular flexibility index (Phi) is 5.64. The predicted molar refractivity (Wildman–Crippen MR) is 60.5 cm³/mol. The van der Waals surface area contributed by atoms with Gasteiger partial charge in [-0.2, -0.15) is 0 Å². The maximum absolute atomic E-state index is 11.7. The van der Waals surface area contributed by atoms with Gasteiger partial charge in [-0.3, -0.25) is 14.5 Å². The minimum Gasteiger partial charge on any atom is -0.468 e. The fraction of sp³-hybridized carbons (Fsp3) is 0.727. The SMILES string of the molecule is COC(=O)CN(CC(C)=O)C(=O)OC(C)(C)C. The highest BCUT2D eigenvalue weighted by atomic mass is 16.6. The molecule has 0 heterocycles. The summed E-state index contributed by atoms with van der Waals surface area (Å²) in [6, 6.07) is 0. The van der Waals surface area contributed by atoms with Crippen molar-refractivity contribution in [3.8, 4) is 0 Å². The number of carbonyl (C=O) groups is 3. The Labute approximate surface area is 101 Å². The Hall–Kier alpha value is -1.59. The van der Waals surface area contributed by atoms with Crippen LogP contribution in [-0.2, 0) is 19.1 Å². The summed E-state index contributed by atoms with van der Waals surface area (Å²) in [6.07, 6.45) is -0.710. The highest BCUT2D eigenvalue weighted by Gasteiger charge is 2.24. The smallest absolute Gasteiger partial charge is 0.411 e. The molecule has 0 unspecified atom stereocenters. The predicted octanol–water partition coefficient (Wildman–Crippen LogP) is 0.985. The number of amides is 1.